The highest BCUT2D eigenvalue weighted by atomic mass is 19.1. The SMILES string of the molecule is Cc1ncnc2c(C)cc(-c3cnc(N)nc3-c3ccc(F)cc3)cc12. The zero-order chi connectivity index (χ0) is 18.3. The third kappa shape index (κ3) is 2.75. The topological polar surface area (TPSA) is 77.6 Å². The highest BCUT2D eigenvalue weighted by Crippen LogP contribution is 2.33. The second-order valence-electron chi connectivity index (χ2n) is 6.15. The number of nitrogens with zero attached hydrogens (tertiary/aromatic N) is 4. The molecule has 0 radical (unpaired) electrons. The fourth-order valence-corrected chi connectivity index (χ4v) is 3.06. The lowest BCUT2D eigenvalue weighted by Gasteiger charge is -2.12. The maximum absolute atomic E-state index is 13.3. The van der Waals surface area contributed by atoms with E-state index in [1.165, 1.54) is 12.1 Å². The molecule has 26 heavy (non-hydrogen) atoms. The first-order chi connectivity index (χ1) is 12.5. The normalized spacial score (nSPS) is 11.0. The number of nitrogens with two attached hydrogens (primary N) is 1. The lowest BCUT2D eigenvalue weighted by Crippen LogP contribution is -1.99. The van der Waals surface area contributed by atoms with Crippen molar-refractivity contribution in [3.05, 3.63) is 66.0 Å². The van der Waals surface area contributed by atoms with Gasteiger partial charge in [0.1, 0.15) is 12.1 Å². The van der Waals surface area contributed by atoms with E-state index in [4.69, 9.17) is 5.73 Å². The third-order valence-corrected chi connectivity index (χ3v) is 4.36. The van der Waals surface area contributed by atoms with E-state index in [0.717, 1.165) is 38.9 Å². The number of fused-ring (bicyclic) bond motifs is 1. The van der Waals surface area contributed by atoms with Crippen molar-refractivity contribution in [1.82, 2.24) is 19.9 Å². The Hall–Kier alpha value is -3.41. The molecule has 0 aliphatic heterocycles. The molecule has 2 aromatic heterocycles. The number of rotatable bonds is 2. The maximum atomic E-state index is 13.3. The van der Waals surface area contributed by atoms with E-state index in [1.54, 1.807) is 24.7 Å². The van der Waals surface area contributed by atoms with Crippen molar-refractivity contribution in [2.45, 2.75) is 13.8 Å². The Kier molecular flexibility index (Phi) is 3.80. The Bertz CT molecular complexity index is 1120. The summed E-state index contributed by atoms with van der Waals surface area (Å²) in [5, 5.41) is 0.976. The largest absolute Gasteiger partial charge is 0.368 e. The maximum Gasteiger partial charge on any atom is 0.220 e. The Morgan fingerprint density at radius 1 is 0.923 bits per heavy atom. The van der Waals surface area contributed by atoms with E-state index < -0.39 is 0 Å². The zero-order valence-electron chi connectivity index (χ0n) is 14.4. The molecule has 2 heterocycles. The molecule has 0 saturated heterocycles. The molecule has 4 aromatic rings. The quantitative estimate of drug-likeness (QED) is 0.592. The molecule has 2 N–H and O–H groups in total. The van der Waals surface area contributed by atoms with E-state index in [9.17, 15) is 4.39 Å². The van der Waals surface area contributed by atoms with E-state index in [2.05, 4.69) is 19.9 Å². The predicted octanol–water partition coefficient (Wildman–Crippen LogP) is 4.09. The molecule has 0 unspecified atom stereocenters. The molecule has 5 nitrogen and oxygen atoms in total. The molecule has 0 aliphatic rings. The summed E-state index contributed by atoms with van der Waals surface area (Å²) < 4.78 is 13.3. The summed E-state index contributed by atoms with van der Waals surface area (Å²) in [4.78, 5) is 17.2. The summed E-state index contributed by atoms with van der Waals surface area (Å²) in [6.45, 7) is 3.96. The van der Waals surface area contributed by atoms with Gasteiger partial charge in [0.2, 0.25) is 5.95 Å². The Morgan fingerprint density at radius 3 is 2.46 bits per heavy atom. The number of hydrogen-bond acceptors (Lipinski definition) is 5. The molecule has 0 amide bonds. The van der Waals surface area contributed by atoms with Crippen molar-refractivity contribution in [1.29, 1.82) is 0 Å². The molecule has 2 aromatic carbocycles. The fraction of sp³-hybridized carbons (Fsp3) is 0.100. The summed E-state index contributed by atoms with van der Waals surface area (Å²) in [5.74, 6) is -0.128. The van der Waals surface area contributed by atoms with Crippen LogP contribution in [0.1, 0.15) is 11.3 Å². The Balaban J connectivity index is 1.98. The average Bonchev–Trinajstić information content (AvgIpc) is 2.63. The van der Waals surface area contributed by atoms with E-state index in [0.29, 0.717) is 5.69 Å². The lowest BCUT2D eigenvalue weighted by molar-refractivity contribution is 0.628. The van der Waals surface area contributed by atoms with Crippen LogP contribution in [0.25, 0.3) is 33.3 Å². The highest BCUT2D eigenvalue weighted by Gasteiger charge is 2.14. The van der Waals surface area contributed by atoms with Crippen LogP contribution in [-0.4, -0.2) is 19.9 Å². The summed E-state index contributed by atoms with van der Waals surface area (Å²) in [6, 6.07) is 10.2. The van der Waals surface area contributed by atoms with Crippen molar-refractivity contribution in [2.75, 3.05) is 5.73 Å². The number of aromatic nitrogens is 4. The van der Waals surface area contributed by atoms with Gasteiger partial charge in [-0.05, 0) is 61.4 Å². The van der Waals surface area contributed by atoms with Gasteiger partial charge in [0.25, 0.3) is 0 Å². The van der Waals surface area contributed by atoms with E-state index in [-0.39, 0.29) is 11.8 Å². The monoisotopic (exact) mass is 345 g/mol. The summed E-state index contributed by atoms with van der Waals surface area (Å²) in [7, 11) is 0. The Morgan fingerprint density at radius 2 is 1.69 bits per heavy atom. The third-order valence-electron chi connectivity index (χ3n) is 4.36. The van der Waals surface area contributed by atoms with Crippen LogP contribution >= 0.6 is 0 Å². The van der Waals surface area contributed by atoms with Gasteiger partial charge in [-0.15, -0.1) is 0 Å². The first-order valence-electron chi connectivity index (χ1n) is 8.14. The molecule has 0 saturated carbocycles. The molecule has 128 valence electrons. The standard InChI is InChI=1S/C20H16FN5/c1-11-7-14(8-16-12(2)24-10-25-18(11)16)17-9-23-20(22)26-19(17)13-3-5-15(21)6-4-13/h3-10H,1-2H3,(H2,22,23,26). The molecular formula is C20H16FN5. The molecule has 6 heteroatoms. The van der Waals surface area contributed by atoms with Crippen LogP contribution in [0.5, 0.6) is 0 Å². The molecule has 0 atom stereocenters. The van der Waals surface area contributed by atoms with Gasteiger partial charge < -0.3 is 5.73 Å². The van der Waals surface area contributed by atoms with Crippen molar-refractivity contribution in [3.8, 4) is 22.4 Å². The van der Waals surface area contributed by atoms with Gasteiger partial charge in [-0.2, -0.15) is 0 Å². The second kappa shape index (κ2) is 6.15. The number of anilines is 1. The number of halogens is 1. The molecule has 4 rings (SSSR count). The van der Waals surface area contributed by atoms with Gasteiger partial charge in [-0.3, -0.25) is 0 Å². The van der Waals surface area contributed by atoms with Gasteiger partial charge >= 0.3 is 0 Å². The predicted molar refractivity (Wildman–Crippen MR) is 99.8 cm³/mol. The first-order valence-corrected chi connectivity index (χ1v) is 8.14. The first kappa shape index (κ1) is 16.1. The van der Waals surface area contributed by atoms with Gasteiger partial charge in [0.15, 0.2) is 0 Å². The summed E-state index contributed by atoms with van der Waals surface area (Å²) >= 11 is 0. The molecule has 0 bridgehead atoms. The van der Waals surface area contributed by atoms with Crippen molar-refractivity contribution in [2.24, 2.45) is 0 Å². The number of nitrogen functional groups attached to an aromatic ring is 1. The lowest BCUT2D eigenvalue weighted by atomic mass is 9.97. The smallest absolute Gasteiger partial charge is 0.220 e. The fourth-order valence-electron chi connectivity index (χ4n) is 3.06. The number of aryl methyl sites for hydroxylation is 2. The minimum Gasteiger partial charge on any atom is -0.368 e. The summed E-state index contributed by atoms with van der Waals surface area (Å²) in [5.41, 5.74) is 11.8. The highest BCUT2D eigenvalue weighted by molar-refractivity contribution is 5.91. The van der Waals surface area contributed by atoms with Crippen LogP contribution in [0.15, 0.2) is 48.9 Å². The van der Waals surface area contributed by atoms with Gasteiger partial charge in [0.05, 0.1) is 11.2 Å². The van der Waals surface area contributed by atoms with Crippen LogP contribution < -0.4 is 5.73 Å². The van der Waals surface area contributed by atoms with Crippen molar-refractivity contribution >= 4 is 16.9 Å². The molecule has 0 fully saturated rings. The number of benzene rings is 2. The van der Waals surface area contributed by atoms with Gasteiger partial charge in [0, 0.05) is 28.4 Å². The van der Waals surface area contributed by atoms with Gasteiger partial charge in [-0.1, -0.05) is 0 Å². The van der Waals surface area contributed by atoms with Crippen LogP contribution in [0.2, 0.25) is 0 Å². The van der Waals surface area contributed by atoms with E-state index in [1.807, 2.05) is 26.0 Å². The van der Waals surface area contributed by atoms with Crippen molar-refractivity contribution in [3.63, 3.8) is 0 Å². The molecular weight excluding hydrogens is 329 g/mol. The Labute approximate surface area is 149 Å². The van der Waals surface area contributed by atoms with Gasteiger partial charge in [-0.25, -0.2) is 24.3 Å². The second-order valence-corrected chi connectivity index (χ2v) is 6.15. The zero-order valence-corrected chi connectivity index (χ0v) is 14.4. The average molecular weight is 345 g/mol. The minimum atomic E-state index is -0.299. The van der Waals surface area contributed by atoms with Crippen molar-refractivity contribution < 1.29 is 4.39 Å². The minimum absolute atomic E-state index is 0.171. The molecule has 0 aliphatic carbocycles. The van der Waals surface area contributed by atoms with Crippen LogP contribution in [0, 0.1) is 19.7 Å². The van der Waals surface area contributed by atoms with Crippen LogP contribution in [-0.2, 0) is 0 Å². The summed E-state index contributed by atoms with van der Waals surface area (Å²) in [6.07, 6.45) is 3.27. The van der Waals surface area contributed by atoms with Crippen LogP contribution in [0.3, 0.4) is 0 Å². The van der Waals surface area contributed by atoms with E-state index >= 15 is 0 Å². The molecule has 0 spiro atoms. The van der Waals surface area contributed by atoms with Crippen LogP contribution in [0.4, 0.5) is 10.3 Å². The number of hydrogen-bond donors (Lipinski definition) is 1.